The van der Waals surface area contributed by atoms with Crippen LogP contribution in [0.3, 0.4) is 0 Å². The van der Waals surface area contributed by atoms with E-state index in [0.717, 1.165) is 4.31 Å². The number of nitrogens with zero attached hydrogens (tertiary/aromatic N) is 2. The fraction of sp³-hybridized carbons (Fsp3) is 0.222. The molecule has 9 heteroatoms. The number of sulfonamides is 1. The van der Waals surface area contributed by atoms with Crippen LogP contribution < -0.4 is 9.47 Å². The molecule has 142 valence electrons. The third kappa shape index (κ3) is 4.57. The maximum Gasteiger partial charge on any atom is 0.343 e. The van der Waals surface area contributed by atoms with Crippen LogP contribution in [0.15, 0.2) is 41.3 Å². The number of nitriles is 1. The number of carbonyl (C=O) groups is 1. The molecule has 2 aromatic rings. The monoisotopic (exact) mass is 408 g/mol. The van der Waals surface area contributed by atoms with Gasteiger partial charge in [0.15, 0.2) is 11.5 Å². The average Bonchev–Trinajstić information content (AvgIpc) is 2.64. The Kier molecular flexibility index (Phi) is 6.44. The van der Waals surface area contributed by atoms with Crippen LogP contribution in [-0.2, 0) is 10.0 Å². The second-order valence-electron chi connectivity index (χ2n) is 5.53. The summed E-state index contributed by atoms with van der Waals surface area (Å²) in [4.78, 5) is 12.5. The third-order valence-corrected chi connectivity index (χ3v) is 5.61. The lowest BCUT2D eigenvalue weighted by molar-refractivity contribution is 0.0728. The predicted molar refractivity (Wildman–Crippen MR) is 99.6 cm³/mol. The van der Waals surface area contributed by atoms with Crippen LogP contribution in [0.25, 0.3) is 0 Å². The highest BCUT2D eigenvalue weighted by molar-refractivity contribution is 7.89. The number of rotatable bonds is 6. The molecule has 0 aliphatic heterocycles. The van der Waals surface area contributed by atoms with Crippen molar-refractivity contribution in [1.29, 1.82) is 5.26 Å². The highest BCUT2D eigenvalue weighted by Gasteiger charge is 2.20. The molecular weight excluding hydrogens is 392 g/mol. The van der Waals surface area contributed by atoms with Gasteiger partial charge in [-0.1, -0.05) is 11.6 Å². The molecule has 0 aromatic heterocycles. The zero-order valence-electron chi connectivity index (χ0n) is 14.9. The van der Waals surface area contributed by atoms with E-state index in [0.29, 0.717) is 0 Å². The van der Waals surface area contributed by atoms with E-state index in [1.165, 1.54) is 50.5 Å². The summed E-state index contributed by atoms with van der Waals surface area (Å²) in [6, 6.07) is 10.0. The molecule has 0 unspecified atom stereocenters. The fourth-order valence-corrected chi connectivity index (χ4v) is 3.27. The smallest absolute Gasteiger partial charge is 0.343 e. The Morgan fingerprint density at radius 2 is 1.85 bits per heavy atom. The van der Waals surface area contributed by atoms with E-state index in [4.69, 9.17) is 26.3 Å². The summed E-state index contributed by atoms with van der Waals surface area (Å²) < 4.78 is 35.9. The Bertz CT molecular complexity index is 996. The minimum absolute atomic E-state index is 0.00694. The van der Waals surface area contributed by atoms with Gasteiger partial charge < -0.3 is 9.47 Å². The Morgan fingerprint density at radius 1 is 1.22 bits per heavy atom. The number of hydrogen-bond donors (Lipinski definition) is 0. The van der Waals surface area contributed by atoms with Gasteiger partial charge in [-0.25, -0.2) is 17.5 Å². The molecule has 27 heavy (non-hydrogen) atoms. The van der Waals surface area contributed by atoms with Crippen LogP contribution >= 0.6 is 11.6 Å². The lowest BCUT2D eigenvalue weighted by atomic mass is 10.2. The van der Waals surface area contributed by atoms with Crippen LogP contribution in [0.4, 0.5) is 0 Å². The van der Waals surface area contributed by atoms with Crippen molar-refractivity contribution in [2.75, 3.05) is 20.7 Å². The Labute approximate surface area is 162 Å². The maximum absolute atomic E-state index is 12.4. The molecule has 0 spiro atoms. The summed E-state index contributed by atoms with van der Waals surface area (Å²) in [6.45, 7) is 2.02. The van der Waals surface area contributed by atoms with Gasteiger partial charge in [-0.2, -0.15) is 5.26 Å². The molecule has 0 saturated carbocycles. The summed E-state index contributed by atoms with van der Waals surface area (Å²) in [6.07, 6.45) is 0. The van der Waals surface area contributed by atoms with Gasteiger partial charge in [-0.05, 0) is 37.3 Å². The number of carbonyl (C=O) groups excluding carboxylic acids is 1. The molecule has 0 aliphatic rings. The van der Waals surface area contributed by atoms with Crippen LogP contribution in [0.5, 0.6) is 11.5 Å². The van der Waals surface area contributed by atoms with E-state index in [9.17, 15) is 13.2 Å². The third-order valence-electron chi connectivity index (χ3n) is 3.50. The highest BCUT2D eigenvalue weighted by Crippen LogP contribution is 2.37. The van der Waals surface area contributed by atoms with Crippen LogP contribution in [0.1, 0.15) is 22.8 Å². The Morgan fingerprint density at radius 3 is 2.37 bits per heavy atom. The first-order valence-corrected chi connectivity index (χ1v) is 9.63. The van der Waals surface area contributed by atoms with Crippen molar-refractivity contribution in [1.82, 2.24) is 4.31 Å². The van der Waals surface area contributed by atoms with Gasteiger partial charge in [0.05, 0.1) is 33.7 Å². The minimum Gasteiger partial charge on any atom is -0.490 e. The predicted octanol–water partition coefficient (Wildman–Crippen LogP) is 3.08. The molecule has 0 radical (unpaired) electrons. The van der Waals surface area contributed by atoms with Gasteiger partial charge in [0, 0.05) is 20.2 Å². The zero-order chi connectivity index (χ0) is 20.2. The number of benzene rings is 2. The molecule has 0 N–H and O–H groups in total. The van der Waals surface area contributed by atoms with Crippen LogP contribution in [-0.4, -0.2) is 39.4 Å². The zero-order valence-corrected chi connectivity index (χ0v) is 16.5. The van der Waals surface area contributed by atoms with Crippen molar-refractivity contribution in [2.45, 2.75) is 11.8 Å². The molecule has 0 fully saturated rings. The van der Waals surface area contributed by atoms with Gasteiger partial charge in [0.1, 0.15) is 0 Å². The Balaban J connectivity index is 2.32. The second kappa shape index (κ2) is 8.39. The SMILES string of the molecule is CCOc1cc(C#N)cc(Cl)c1OC(=O)c1ccc(S(=O)(=O)N(C)C)cc1. The number of esters is 1. The van der Waals surface area contributed by atoms with E-state index in [1.54, 1.807) is 6.92 Å². The van der Waals surface area contributed by atoms with Crippen molar-refractivity contribution in [3.8, 4) is 17.6 Å². The topological polar surface area (TPSA) is 96.7 Å². The molecule has 7 nitrogen and oxygen atoms in total. The normalized spacial score (nSPS) is 11.1. The van der Waals surface area contributed by atoms with E-state index in [1.807, 2.05) is 6.07 Å². The Hall–Kier alpha value is -2.60. The minimum atomic E-state index is -3.60. The van der Waals surface area contributed by atoms with Gasteiger partial charge in [-0.3, -0.25) is 0 Å². The van der Waals surface area contributed by atoms with Crippen LogP contribution in [0.2, 0.25) is 5.02 Å². The first kappa shape index (κ1) is 20.7. The van der Waals surface area contributed by atoms with Gasteiger partial charge in [0.25, 0.3) is 0 Å². The molecule has 0 bridgehead atoms. The van der Waals surface area contributed by atoms with E-state index >= 15 is 0 Å². The second-order valence-corrected chi connectivity index (χ2v) is 8.09. The summed E-state index contributed by atoms with van der Waals surface area (Å²) in [5.74, 6) is -0.578. The largest absolute Gasteiger partial charge is 0.490 e. The fourth-order valence-electron chi connectivity index (χ4n) is 2.12. The molecule has 0 atom stereocenters. The van der Waals surface area contributed by atoms with Crippen LogP contribution in [0, 0.1) is 11.3 Å². The van der Waals surface area contributed by atoms with Crippen molar-refractivity contribution in [3.63, 3.8) is 0 Å². The van der Waals surface area contributed by atoms with E-state index < -0.39 is 16.0 Å². The molecule has 0 saturated heterocycles. The molecule has 0 aliphatic carbocycles. The summed E-state index contributed by atoms with van der Waals surface area (Å²) in [5, 5.41) is 9.07. The summed E-state index contributed by atoms with van der Waals surface area (Å²) in [5.41, 5.74) is 0.400. The lowest BCUT2D eigenvalue weighted by Gasteiger charge is -2.13. The molecular formula is C18H17ClN2O5S. The van der Waals surface area contributed by atoms with Gasteiger partial charge in [0.2, 0.25) is 10.0 Å². The lowest BCUT2D eigenvalue weighted by Crippen LogP contribution is -2.22. The first-order chi connectivity index (χ1) is 12.7. The van der Waals surface area contributed by atoms with Crippen molar-refractivity contribution >= 4 is 27.6 Å². The van der Waals surface area contributed by atoms with Crippen molar-refractivity contribution in [2.24, 2.45) is 0 Å². The average molecular weight is 409 g/mol. The number of halogens is 1. The summed E-state index contributed by atoms with van der Waals surface area (Å²) >= 11 is 6.11. The first-order valence-electron chi connectivity index (χ1n) is 7.82. The molecule has 0 amide bonds. The molecule has 2 rings (SSSR count). The maximum atomic E-state index is 12.4. The number of hydrogen-bond acceptors (Lipinski definition) is 6. The van der Waals surface area contributed by atoms with Crippen molar-refractivity contribution in [3.05, 3.63) is 52.5 Å². The molecule has 2 aromatic carbocycles. The standard InChI is InChI=1S/C18H17ClN2O5S/c1-4-25-16-10-12(11-20)9-15(19)17(16)26-18(22)13-5-7-14(8-6-13)27(23,24)21(2)3/h5-10H,4H2,1-3H3. The van der Waals surface area contributed by atoms with E-state index in [2.05, 4.69) is 0 Å². The van der Waals surface area contributed by atoms with Gasteiger partial charge in [-0.15, -0.1) is 0 Å². The van der Waals surface area contributed by atoms with Crippen molar-refractivity contribution < 1.29 is 22.7 Å². The highest BCUT2D eigenvalue weighted by atomic mass is 35.5. The van der Waals surface area contributed by atoms with Gasteiger partial charge >= 0.3 is 5.97 Å². The quantitative estimate of drug-likeness (QED) is 0.538. The summed E-state index contributed by atoms with van der Waals surface area (Å²) in [7, 11) is -0.765. The number of ether oxygens (including phenoxy) is 2. The molecule has 0 heterocycles. The van der Waals surface area contributed by atoms with E-state index in [-0.39, 0.29) is 39.2 Å².